The predicted octanol–water partition coefficient (Wildman–Crippen LogP) is -0.358. The summed E-state index contributed by atoms with van der Waals surface area (Å²) < 4.78 is 0. The lowest BCUT2D eigenvalue weighted by molar-refractivity contribution is 0.0646. The number of nitrogens with zero attached hydrogens (tertiary/aromatic N) is 1. The number of carbonyl (C=O) groups is 2. The second kappa shape index (κ2) is 3.21. The van der Waals surface area contributed by atoms with Crippen molar-refractivity contribution in [3.05, 3.63) is 17.3 Å². The summed E-state index contributed by atoms with van der Waals surface area (Å²) in [6.07, 6.45) is 0. The first-order valence-corrected chi connectivity index (χ1v) is 3.46. The van der Waals surface area contributed by atoms with Crippen LogP contribution in [0.5, 0.6) is 0 Å². The van der Waals surface area contributed by atoms with E-state index < -0.39 is 23.2 Å². The average Bonchev–Trinajstić information content (AvgIpc) is 2.08. The van der Waals surface area contributed by atoms with Crippen molar-refractivity contribution in [2.45, 2.75) is 0 Å². The van der Waals surface area contributed by atoms with Crippen LogP contribution in [0.4, 0.5) is 11.5 Å². The summed E-state index contributed by atoms with van der Waals surface area (Å²) in [6, 6.07) is 0.966. The number of nitrogen functional groups attached to an aromatic ring is 2. The van der Waals surface area contributed by atoms with E-state index in [1.807, 2.05) is 0 Å². The third-order valence-electron chi connectivity index (χ3n) is 1.52. The summed E-state index contributed by atoms with van der Waals surface area (Å²) in [7, 11) is 0. The van der Waals surface area contributed by atoms with Gasteiger partial charge in [-0.1, -0.05) is 0 Å². The highest BCUT2D eigenvalue weighted by Gasteiger charge is 2.19. The fourth-order valence-corrected chi connectivity index (χ4v) is 0.869. The lowest BCUT2D eigenvalue weighted by Gasteiger charge is -2.04. The van der Waals surface area contributed by atoms with Gasteiger partial charge in [0.1, 0.15) is 5.82 Å². The van der Waals surface area contributed by atoms with Crippen LogP contribution in [0.15, 0.2) is 6.07 Å². The van der Waals surface area contributed by atoms with E-state index in [9.17, 15) is 9.59 Å². The lowest BCUT2D eigenvalue weighted by atomic mass is 10.1. The zero-order valence-electron chi connectivity index (χ0n) is 6.89. The highest BCUT2D eigenvalue weighted by Crippen LogP contribution is 2.17. The number of carboxylic acid groups (broad SMARTS) is 2. The van der Waals surface area contributed by atoms with Crippen molar-refractivity contribution in [3.63, 3.8) is 0 Å². The van der Waals surface area contributed by atoms with Crippen molar-refractivity contribution in [1.29, 1.82) is 0 Å². The fourth-order valence-electron chi connectivity index (χ4n) is 0.869. The van der Waals surface area contributed by atoms with E-state index in [1.54, 1.807) is 0 Å². The number of nitrogens with two attached hydrogens (primary N) is 2. The SMILES string of the molecule is Nc1cc(C(=O)O)c(C(=O)O)nc1N. The molecule has 1 rings (SSSR count). The fraction of sp³-hybridized carbons (Fsp3) is 0. The Bertz CT molecular complexity index is 377. The maximum absolute atomic E-state index is 10.6. The lowest BCUT2D eigenvalue weighted by Crippen LogP contribution is -2.13. The zero-order chi connectivity index (χ0) is 10.9. The Hall–Kier alpha value is -2.31. The van der Waals surface area contributed by atoms with Crippen LogP contribution >= 0.6 is 0 Å². The first kappa shape index (κ1) is 9.78. The molecular weight excluding hydrogens is 190 g/mol. The molecule has 0 atom stereocenters. The summed E-state index contributed by atoms with van der Waals surface area (Å²) in [5, 5.41) is 17.2. The molecule has 1 aromatic heterocycles. The molecule has 14 heavy (non-hydrogen) atoms. The Morgan fingerprint density at radius 3 is 2.21 bits per heavy atom. The van der Waals surface area contributed by atoms with Crippen molar-refractivity contribution >= 4 is 23.4 Å². The van der Waals surface area contributed by atoms with Crippen LogP contribution in [0.25, 0.3) is 0 Å². The van der Waals surface area contributed by atoms with Gasteiger partial charge in [0.25, 0.3) is 0 Å². The van der Waals surface area contributed by atoms with Crippen LogP contribution in [0.1, 0.15) is 20.8 Å². The largest absolute Gasteiger partial charge is 0.478 e. The molecule has 0 aliphatic heterocycles. The molecule has 0 amide bonds. The maximum Gasteiger partial charge on any atom is 0.355 e. The third kappa shape index (κ3) is 1.56. The standard InChI is InChI=1S/C7H7N3O4/c8-3-1-2(6(11)12)4(7(13)14)10-5(3)9/h1H,8H2,(H2,9,10)(H,11,12)(H,13,14). The van der Waals surface area contributed by atoms with Crippen molar-refractivity contribution < 1.29 is 19.8 Å². The van der Waals surface area contributed by atoms with Gasteiger partial charge in [0.15, 0.2) is 5.69 Å². The number of anilines is 2. The van der Waals surface area contributed by atoms with Crippen LogP contribution < -0.4 is 11.5 Å². The number of hydrogen-bond acceptors (Lipinski definition) is 5. The molecule has 1 aromatic rings. The van der Waals surface area contributed by atoms with Gasteiger partial charge < -0.3 is 21.7 Å². The molecule has 0 spiro atoms. The van der Waals surface area contributed by atoms with Gasteiger partial charge in [-0.05, 0) is 6.07 Å². The van der Waals surface area contributed by atoms with E-state index >= 15 is 0 Å². The van der Waals surface area contributed by atoms with E-state index in [1.165, 1.54) is 0 Å². The van der Waals surface area contributed by atoms with Crippen molar-refractivity contribution in [2.75, 3.05) is 11.5 Å². The summed E-state index contributed by atoms with van der Waals surface area (Å²) in [5.74, 6) is -3.08. The molecule has 0 bridgehead atoms. The Balaban J connectivity index is 3.46. The smallest absolute Gasteiger partial charge is 0.355 e. The summed E-state index contributed by atoms with van der Waals surface area (Å²) in [6.45, 7) is 0. The molecule has 0 aliphatic rings. The van der Waals surface area contributed by atoms with Crippen LogP contribution in [0.2, 0.25) is 0 Å². The first-order valence-electron chi connectivity index (χ1n) is 3.46. The van der Waals surface area contributed by atoms with Crippen LogP contribution in [0.3, 0.4) is 0 Å². The van der Waals surface area contributed by atoms with Crippen LogP contribution in [-0.2, 0) is 0 Å². The molecule has 1 heterocycles. The Labute approximate surface area is 78.0 Å². The van der Waals surface area contributed by atoms with E-state index in [0.29, 0.717) is 0 Å². The van der Waals surface area contributed by atoms with Crippen molar-refractivity contribution in [2.24, 2.45) is 0 Å². The minimum atomic E-state index is -1.46. The molecule has 0 aromatic carbocycles. The van der Waals surface area contributed by atoms with Gasteiger partial charge >= 0.3 is 11.9 Å². The third-order valence-corrected chi connectivity index (χ3v) is 1.52. The van der Waals surface area contributed by atoms with Gasteiger partial charge in [0.05, 0.1) is 11.3 Å². The number of rotatable bonds is 2. The van der Waals surface area contributed by atoms with Crippen molar-refractivity contribution in [3.8, 4) is 0 Å². The molecule has 0 fully saturated rings. The summed E-state index contributed by atoms with van der Waals surface area (Å²) in [5.41, 5.74) is 9.35. The monoisotopic (exact) mass is 197 g/mol. The Morgan fingerprint density at radius 1 is 1.21 bits per heavy atom. The molecule has 6 N–H and O–H groups in total. The second-order valence-corrected chi connectivity index (χ2v) is 2.47. The molecule has 7 nitrogen and oxygen atoms in total. The highest BCUT2D eigenvalue weighted by atomic mass is 16.4. The maximum atomic E-state index is 10.6. The van der Waals surface area contributed by atoms with Gasteiger partial charge in [0.2, 0.25) is 0 Å². The van der Waals surface area contributed by atoms with Gasteiger partial charge in [-0.25, -0.2) is 14.6 Å². The average molecular weight is 197 g/mol. The minimum Gasteiger partial charge on any atom is -0.478 e. The quantitative estimate of drug-likeness (QED) is 0.507. The van der Waals surface area contributed by atoms with E-state index in [2.05, 4.69) is 4.98 Å². The topological polar surface area (TPSA) is 140 Å². The first-order chi connectivity index (χ1) is 6.43. The summed E-state index contributed by atoms with van der Waals surface area (Å²) in [4.78, 5) is 24.5. The van der Waals surface area contributed by atoms with Crippen molar-refractivity contribution in [1.82, 2.24) is 4.98 Å². The normalized spacial score (nSPS) is 9.71. The van der Waals surface area contributed by atoms with E-state index in [-0.39, 0.29) is 11.5 Å². The molecule has 0 unspecified atom stereocenters. The summed E-state index contributed by atoms with van der Waals surface area (Å²) >= 11 is 0. The molecule has 0 radical (unpaired) electrons. The second-order valence-electron chi connectivity index (χ2n) is 2.47. The molecule has 0 saturated heterocycles. The molecule has 0 aliphatic carbocycles. The van der Waals surface area contributed by atoms with E-state index in [0.717, 1.165) is 6.07 Å². The van der Waals surface area contributed by atoms with Gasteiger partial charge in [-0.2, -0.15) is 0 Å². The number of aromatic carboxylic acids is 2. The molecule has 74 valence electrons. The Morgan fingerprint density at radius 2 is 1.79 bits per heavy atom. The van der Waals surface area contributed by atoms with Gasteiger partial charge in [-0.3, -0.25) is 0 Å². The molecule has 7 heteroatoms. The Kier molecular flexibility index (Phi) is 2.24. The number of pyridine rings is 1. The number of aromatic nitrogens is 1. The minimum absolute atomic E-state index is 0.0626. The molecule has 0 saturated carbocycles. The molecular formula is C7H7N3O4. The van der Waals surface area contributed by atoms with Crippen LogP contribution in [0, 0.1) is 0 Å². The van der Waals surface area contributed by atoms with Gasteiger partial charge in [-0.15, -0.1) is 0 Å². The van der Waals surface area contributed by atoms with E-state index in [4.69, 9.17) is 21.7 Å². The highest BCUT2D eigenvalue weighted by molar-refractivity contribution is 6.01. The zero-order valence-corrected chi connectivity index (χ0v) is 6.89. The number of hydrogen-bond donors (Lipinski definition) is 4. The predicted molar refractivity (Wildman–Crippen MR) is 47.0 cm³/mol. The van der Waals surface area contributed by atoms with Crippen LogP contribution in [-0.4, -0.2) is 27.1 Å². The number of carboxylic acids is 2. The van der Waals surface area contributed by atoms with Gasteiger partial charge in [0, 0.05) is 0 Å².